The van der Waals surface area contributed by atoms with Gasteiger partial charge in [-0.3, -0.25) is 0 Å². The number of para-hydroxylation sites is 1. The van der Waals surface area contributed by atoms with Gasteiger partial charge in [0, 0.05) is 25.2 Å². The Balaban J connectivity index is 2.20. The lowest BCUT2D eigenvalue weighted by atomic mass is 10.0. The lowest BCUT2D eigenvalue weighted by molar-refractivity contribution is 0.424. The molecule has 0 amide bonds. The Labute approximate surface area is 134 Å². The molecule has 0 spiro atoms. The summed E-state index contributed by atoms with van der Waals surface area (Å²) >= 11 is 6.53. The molecule has 1 aromatic carbocycles. The smallest absolute Gasteiger partial charge is 0.0642 e. The molecule has 2 nitrogen and oxygen atoms in total. The summed E-state index contributed by atoms with van der Waals surface area (Å²) in [5.41, 5.74) is 2.67. The highest BCUT2D eigenvalue weighted by atomic mass is 35.5. The first-order chi connectivity index (χ1) is 9.87. The summed E-state index contributed by atoms with van der Waals surface area (Å²) < 4.78 is 0. The van der Waals surface area contributed by atoms with Crippen LogP contribution in [0.25, 0.3) is 0 Å². The number of halogens is 1. The van der Waals surface area contributed by atoms with Crippen molar-refractivity contribution in [3.8, 4) is 0 Å². The quantitative estimate of drug-likeness (QED) is 0.858. The van der Waals surface area contributed by atoms with Gasteiger partial charge in [0.2, 0.25) is 0 Å². The fourth-order valence-electron chi connectivity index (χ4n) is 2.90. The van der Waals surface area contributed by atoms with Crippen LogP contribution in [0.4, 0.5) is 5.69 Å². The molecule has 0 saturated carbocycles. The van der Waals surface area contributed by atoms with Crippen molar-refractivity contribution in [2.45, 2.75) is 59.0 Å². The molecule has 1 atom stereocenters. The van der Waals surface area contributed by atoms with Gasteiger partial charge in [0.25, 0.3) is 0 Å². The zero-order valence-corrected chi connectivity index (χ0v) is 14.6. The zero-order valence-electron chi connectivity index (χ0n) is 13.9. The Morgan fingerprint density at radius 1 is 1.24 bits per heavy atom. The monoisotopic (exact) mass is 308 g/mol. The van der Waals surface area contributed by atoms with Gasteiger partial charge in [-0.25, -0.2) is 0 Å². The first-order valence-electron chi connectivity index (χ1n) is 8.14. The van der Waals surface area contributed by atoms with E-state index >= 15 is 0 Å². The van der Waals surface area contributed by atoms with Crippen LogP contribution in [-0.2, 0) is 6.54 Å². The normalized spacial score (nSPS) is 20.4. The number of nitrogens with one attached hydrogen (secondary N) is 1. The van der Waals surface area contributed by atoms with Crippen LogP contribution in [-0.4, -0.2) is 18.6 Å². The number of benzene rings is 1. The van der Waals surface area contributed by atoms with E-state index in [0.29, 0.717) is 0 Å². The fourth-order valence-corrected chi connectivity index (χ4v) is 3.22. The third kappa shape index (κ3) is 4.89. The van der Waals surface area contributed by atoms with Gasteiger partial charge in [-0.15, -0.1) is 0 Å². The maximum Gasteiger partial charge on any atom is 0.0642 e. The van der Waals surface area contributed by atoms with E-state index < -0.39 is 0 Å². The maximum atomic E-state index is 6.53. The third-order valence-electron chi connectivity index (χ3n) is 4.21. The molecule has 0 bridgehead atoms. The van der Waals surface area contributed by atoms with Gasteiger partial charge in [0.1, 0.15) is 0 Å². The molecule has 1 aromatic rings. The Hall–Kier alpha value is -0.730. The van der Waals surface area contributed by atoms with E-state index in [2.05, 4.69) is 50.0 Å². The van der Waals surface area contributed by atoms with E-state index in [-0.39, 0.29) is 5.54 Å². The molecule has 3 heteroatoms. The lowest BCUT2D eigenvalue weighted by Crippen LogP contribution is -2.36. The summed E-state index contributed by atoms with van der Waals surface area (Å²) in [6.45, 7) is 12.1. The third-order valence-corrected chi connectivity index (χ3v) is 4.52. The fraction of sp³-hybridized carbons (Fsp3) is 0.667. The van der Waals surface area contributed by atoms with Crippen molar-refractivity contribution in [1.29, 1.82) is 0 Å². The molecule has 0 radical (unpaired) electrons. The van der Waals surface area contributed by atoms with Crippen LogP contribution in [0.2, 0.25) is 5.02 Å². The van der Waals surface area contributed by atoms with E-state index in [0.717, 1.165) is 30.6 Å². The largest absolute Gasteiger partial charge is 0.370 e. The molecule has 1 fully saturated rings. The molecule has 1 heterocycles. The highest BCUT2D eigenvalue weighted by Gasteiger charge is 2.19. The minimum Gasteiger partial charge on any atom is -0.370 e. The van der Waals surface area contributed by atoms with E-state index in [1.807, 2.05) is 6.07 Å². The van der Waals surface area contributed by atoms with E-state index in [1.54, 1.807) is 0 Å². The topological polar surface area (TPSA) is 15.3 Å². The summed E-state index contributed by atoms with van der Waals surface area (Å²) in [7, 11) is 0. The van der Waals surface area contributed by atoms with Crippen LogP contribution in [0.15, 0.2) is 18.2 Å². The van der Waals surface area contributed by atoms with Crippen LogP contribution in [0.5, 0.6) is 0 Å². The Bertz CT molecular complexity index is 465. The number of anilines is 1. The zero-order chi connectivity index (χ0) is 15.5. The second-order valence-electron chi connectivity index (χ2n) is 7.37. The van der Waals surface area contributed by atoms with Crippen LogP contribution in [0.1, 0.15) is 52.5 Å². The van der Waals surface area contributed by atoms with Gasteiger partial charge >= 0.3 is 0 Å². The van der Waals surface area contributed by atoms with Crippen LogP contribution in [0, 0.1) is 5.92 Å². The molecule has 0 aromatic heterocycles. The number of hydrogen-bond donors (Lipinski definition) is 1. The summed E-state index contributed by atoms with van der Waals surface area (Å²) in [6, 6.07) is 6.28. The van der Waals surface area contributed by atoms with Crippen molar-refractivity contribution in [1.82, 2.24) is 5.32 Å². The van der Waals surface area contributed by atoms with Crippen molar-refractivity contribution in [3.05, 3.63) is 28.8 Å². The van der Waals surface area contributed by atoms with Crippen LogP contribution < -0.4 is 10.2 Å². The molecule has 1 saturated heterocycles. The SMILES string of the molecule is CC1CCCN(c2c(Cl)cccc2CNC(C)(C)C)CC1. The van der Waals surface area contributed by atoms with Crippen LogP contribution in [0.3, 0.4) is 0 Å². The van der Waals surface area contributed by atoms with Crippen molar-refractivity contribution in [3.63, 3.8) is 0 Å². The van der Waals surface area contributed by atoms with Crippen molar-refractivity contribution >= 4 is 17.3 Å². The molecule has 0 aliphatic carbocycles. The number of hydrogen-bond acceptors (Lipinski definition) is 2. The lowest BCUT2D eigenvalue weighted by Gasteiger charge is -2.28. The average molecular weight is 309 g/mol. The Morgan fingerprint density at radius 3 is 2.71 bits per heavy atom. The second kappa shape index (κ2) is 7.02. The van der Waals surface area contributed by atoms with Crippen LogP contribution >= 0.6 is 11.6 Å². The molecule has 1 aliphatic rings. The van der Waals surface area contributed by atoms with Crippen molar-refractivity contribution in [2.24, 2.45) is 5.92 Å². The van der Waals surface area contributed by atoms with Gasteiger partial charge in [0.05, 0.1) is 10.7 Å². The van der Waals surface area contributed by atoms with E-state index in [9.17, 15) is 0 Å². The van der Waals surface area contributed by atoms with Crippen molar-refractivity contribution < 1.29 is 0 Å². The Kier molecular flexibility index (Phi) is 5.56. The van der Waals surface area contributed by atoms with Gasteiger partial charge in [-0.2, -0.15) is 0 Å². The molecule has 2 rings (SSSR count). The maximum absolute atomic E-state index is 6.53. The van der Waals surface area contributed by atoms with Gasteiger partial charge in [-0.1, -0.05) is 30.7 Å². The number of rotatable bonds is 3. The summed E-state index contributed by atoms with van der Waals surface area (Å²) in [6.07, 6.45) is 3.85. The van der Waals surface area contributed by atoms with Gasteiger partial charge < -0.3 is 10.2 Å². The molecular formula is C18H29ClN2. The number of nitrogens with zero attached hydrogens (tertiary/aromatic N) is 1. The molecular weight excluding hydrogens is 280 g/mol. The summed E-state index contributed by atoms with van der Waals surface area (Å²) in [5, 5.41) is 4.47. The minimum absolute atomic E-state index is 0.118. The molecule has 1 aliphatic heterocycles. The summed E-state index contributed by atoms with van der Waals surface area (Å²) in [5.74, 6) is 0.827. The highest BCUT2D eigenvalue weighted by molar-refractivity contribution is 6.33. The standard InChI is InChI=1S/C18H29ClN2/c1-14-7-6-11-21(12-10-14)17-15(8-5-9-16(17)19)13-20-18(2,3)4/h5,8-9,14,20H,6-7,10-13H2,1-4H3. The predicted molar refractivity (Wildman–Crippen MR) is 93.3 cm³/mol. The minimum atomic E-state index is 0.118. The first kappa shape index (κ1) is 16.6. The molecule has 1 N–H and O–H groups in total. The van der Waals surface area contributed by atoms with E-state index in [1.165, 1.54) is 30.5 Å². The second-order valence-corrected chi connectivity index (χ2v) is 7.78. The predicted octanol–water partition coefficient (Wildman–Crippen LogP) is 4.85. The molecule has 21 heavy (non-hydrogen) atoms. The molecule has 118 valence electrons. The van der Waals surface area contributed by atoms with E-state index in [4.69, 9.17) is 11.6 Å². The first-order valence-corrected chi connectivity index (χ1v) is 8.52. The average Bonchev–Trinajstić information content (AvgIpc) is 2.60. The van der Waals surface area contributed by atoms with Gasteiger partial charge in [-0.05, 0) is 57.6 Å². The Morgan fingerprint density at radius 2 is 2.00 bits per heavy atom. The van der Waals surface area contributed by atoms with Crippen molar-refractivity contribution in [2.75, 3.05) is 18.0 Å². The molecule has 1 unspecified atom stereocenters. The van der Waals surface area contributed by atoms with Gasteiger partial charge in [0.15, 0.2) is 0 Å². The summed E-state index contributed by atoms with van der Waals surface area (Å²) in [4.78, 5) is 2.49. The highest BCUT2D eigenvalue weighted by Crippen LogP contribution is 2.32.